The standard InChI is InChI=1S/C23H25NO4/c1-2-15-11-12-21(22(25)26)24(13-15)23(27)28-14-20-18-9-5-3-7-16(18)17-8-4-6-10-19(17)20/h3-10,15,20-21H,2,11-14H2,1H3,(H,25,26). The number of aliphatic carboxylic acids is 1. The van der Waals surface area contributed by atoms with Crippen molar-refractivity contribution in [3.05, 3.63) is 59.7 Å². The van der Waals surface area contributed by atoms with Crippen LogP contribution in [0, 0.1) is 5.92 Å². The summed E-state index contributed by atoms with van der Waals surface area (Å²) in [6.07, 6.45) is 1.73. The molecule has 1 aliphatic carbocycles. The maximum absolute atomic E-state index is 12.8. The highest BCUT2D eigenvalue weighted by atomic mass is 16.6. The maximum Gasteiger partial charge on any atom is 0.410 e. The molecule has 5 heteroatoms. The molecule has 5 nitrogen and oxygen atoms in total. The van der Waals surface area contributed by atoms with Gasteiger partial charge in [0.15, 0.2) is 0 Å². The molecule has 4 rings (SSSR count). The van der Waals surface area contributed by atoms with Gasteiger partial charge in [0.05, 0.1) is 0 Å². The predicted molar refractivity (Wildman–Crippen MR) is 106 cm³/mol. The van der Waals surface area contributed by atoms with E-state index in [1.807, 2.05) is 24.3 Å². The minimum atomic E-state index is -0.955. The van der Waals surface area contributed by atoms with Crippen molar-refractivity contribution in [1.29, 1.82) is 0 Å². The second-order valence-corrected chi connectivity index (χ2v) is 7.66. The molecule has 1 aliphatic heterocycles. The van der Waals surface area contributed by atoms with E-state index in [-0.39, 0.29) is 12.5 Å². The van der Waals surface area contributed by atoms with Crippen LogP contribution in [0.25, 0.3) is 11.1 Å². The molecule has 146 valence electrons. The van der Waals surface area contributed by atoms with Crippen LogP contribution < -0.4 is 0 Å². The molecule has 1 N–H and O–H groups in total. The van der Waals surface area contributed by atoms with Gasteiger partial charge < -0.3 is 9.84 Å². The van der Waals surface area contributed by atoms with Crippen molar-refractivity contribution < 1.29 is 19.4 Å². The predicted octanol–water partition coefficient (Wildman–Crippen LogP) is 4.51. The fraction of sp³-hybridized carbons (Fsp3) is 0.391. The molecular formula is C23H25NO4. The average molecular weight is 379 g/mol. The number of amides is 1. The molecule has 2 aromatic rings. The zero-order valence-corrected chi connectivity index (χ0v) is 16.0. The van der Waals surface area contributed by atoms with Crippen LogP contribution in [0.15, 0.2) is 48.5 Å². The summed E-state index contributed by atoms with van der Waals surface area (Å²) in [6.45, 7) is 2.73. The van der Waals surface area contributed by atoms with Gasteiger partial charge in [-0.2, -0.15) is 0 Å². The summed E-state index contributed by atoms with van der Waals surface area (Å²) in [7, 11) is 0. The fourth-order valence-corrected chi connectivity index (χ4v) is 4.51. The number of hydrogen-bond donors (Lipinski definition) is 1. The molecule has 0 spiro atoms. The second-order valence-electron chi connectivity index (χ2n) is 7.66. The lowest BCUT2D eigenvalue weighted by Gasteiger charge is -2.36. The lowest BCUT2D eigenvalue weighted by Crippen LogP contribution is -2.50. The van der Waals surface area contributed by atoms with Gasteiger partial charge in [-0.3, -0.25) is 4.90 Å². The zero-order valence-electron chi connectivity index (χ0n) is 16.0. The summed E-state index contributed by atoms with van der Waals surface area (Å²) in [4.78, 5) is 25.8. The number of likely N-dealkylation sites (tertiary alicyclic amines) is 1. The number of hydrogen-bond acceptors (Lipinski definition) is 3. The summed E-state index contributed by atoms with van der Waals surface area (Å²) in [5.41, 5.74) is 4.64. The van der Waals surface area contributed by atoms with Crippen LogP contribution in [-0.2, 0) is 9.53 Å². The second kappa shape index (κ2) is 7.66. The number of ether oxygens (including phenoxy) is 1. The molecular weight excluding hydrogens is 354 g/mol. The number of rotatable bonds is 4. The SMILES string of the molecule is CCC1CCC(C(=O)O)N(C(=O)OCC2c3ccccc3-c3ccccc32)C1. The van der Waals surface area contributed by atoms with E-state index in [9.17, 15) is 14.7 Å². The molecule has 2 unspecified atom stereocenters. The van der Waals surface area contributed by atoms with Gasteiger partial charge in [0.1, 0.15) is 12.6 Å². The third-order valence-electron chi connectivity index (χ3n) is 6.11. The van der Waals surface area contributed by atoms with Gasteiger partial charge >= 0.3 is 12.1 Å². The fourth-order valence-electron chi connectivity index (χ4n) is 4.51. The van der Waals surface area contributed by atoms with E-state index >= 15 is 0 Å². The van der Waals surface area contributed by atoms with E-state index in [2.05, 4.69) is 31.2 Å². The molecule has 0 radical (unpaired) electrons. The lowest BCUT2D eigenvalue weighted by atomic mass is 9.91. The molecule has 28 heavy (non-hydrogen) atoms. The van der Waals surface area contributed by atoms with Crippen molar-refractivity contribution in [1.82, 2.24) is 4.90 Å². The van der Waals surface area contributed by atoms with Crippen LogP contribution in [0.1, 0.15) is 43.2 Å². The Balaban J connectivity index is 1.52. The topological polar surface area (TPSA) is 66.8 Å². The van der Waals surface area contributed by atoms with E-state index in [1.165, 1.54) is 16.0 Å². The van der Waals surface area contributed by atoms with Crippen molar-refractivity contribution in [3.63, 3.8) is 0 Å². The van der Waals surface area contributed by atoms with Crippen LogP contribution in [0.5, 0.6) is 0 Å². The van der Waals surface area contributed by atoms with Crippen LogP contribution >= 0.6 is 0 Å². The molecule has 1 heterocycles. The summed E-state index contributed by atoms with van der Waals surface area (Å²) < 4.78 is 5.68. The number of piperidine rings is 1. The molecule has 0 saturated carbocycles. The summed E-state index contributed by atoms with van der Waals surface area (Å²) in [5.74, 6) is -0.648. The number of carbonyl (C=O) groups excluding carboxylic acids is 1. The minimum absolute atomic E-state index is 0.0219. The number of nitrogens with zero attached hydrogens (tertiary/aromatic N) is 1. The van der Waals surface area contributed by atoms with Crippen molar-refractivity contribution in [3.8, 4) is 11.1 Å². The van der Waals surface area contributed by atoms with Gasteiger partial charge in [-0.25, -0.2) is 9.59 Å². The largest absolute Gasteiger partial charge is 0.480 e. The van der Waals surface area contributed by atoms with E-state index in [4.69, 9.17) is 4.74 Å². The minimum Gasteiger partial charge on any atom is -0.480 e. The summed E-state index contributed by atoms with van der Waals surface area (Å²) in [5, 5.41) is 9.51. The number of fused-ring (bicyclic) bond motifs is 3. The first-order valence-corrected chi connectivity index (χ1v) is 9.94. The third kappa shape index (κ3) is 3.26. The van der Waals surface area contributed by atoms with Gasteiger partial charge in [-0.1, -0.05) is 61.9 Å². The van der Waals surface area contributed by atoms with Crippen molar-refractivity contribution >= 4 is 12.1 Å². The van der Waals surface area contributed by atoms with Crippen LogP contribution in [-0.4, -0.2) is 41.3 Å². The quantitative estimate of drug-likeness (QED) is 0.849. The van der Waals surface area contributed by atoms with Crippen molar-refractivity contribution in [2.45, 2.75) is 38.1 Å². The zero-order chi connectivity index (χ0) is 19.7. The first-order valence-electron chi connectivity index (χ1n) is 9.94. The van der Waals surface area contributed by atoms with Crippen LogP contribution in [0.3, 0.4) is 0 Å². The Hall–Kier alpha value is -2.82. The Kier molecular flexibility index (Phi) is 5.07. The van der Waals surface area contributed by atoms with Gasteiger partial charge in [-0.05, 0) is 41.0 Å². The Morgan fingerprint density at radius 1 is 1.04 bits per heavy atom. The van der Waals surface area contributed by atoms with Gasteiger partial charge in [0.2, 0.25) is 0 Å². The van der Waals surface area contributed by atoms with Crippen LogP contribution in [0.4, 0.5) is 4.79 Å². The number of benzene rings is 2. The first-order chi connectivity index (χ1) is 13.6. The van der Waals surface area contributed by atoms with Crippen molar-refractivity contribution in [2.24, 2.45) is 5.92 Å². The van der Waals surface area contributed by atoms with Gasteiger partial charge in [-0.15, -0.1) is 0 Å². The first kappa shape index (κ1) is 18.5. The third-order valence-corrected chi connectivity index (χ3v) is 6.11. The van der Waals surface area contributed by atoms with E-state index in [0.717, 1.165) is 24.0 Å². The molecule has 2 atom stereocenters. The Morgan fingerprint density at radius 3 is 2.21 bits per heavy atom. The summed E-state index contributed by atoms with van der Waals surface area (Å²) in [6, 6.07) is 15.6. The van der Waals surface area contributed by atoms with E-state index < -0.39 is 18.1 Å². The molecule has 1 amide bonds. The van der Waals surface area contributed by atoms with Gasteiger partial charge in [0.25, 0.3) is 0 Å². The normalized spacial score (nSPS) is 21.1. The smallest absolute Gasteiger partial charge is 0.410 e. The lowest BCUT2D eigenvalue weighted by molar-refractivity contribution is -0.144. The Morgan fingerprint density at radius 2 is 1.64 bits per heavy atom. The highest BCUT2D eigenvalue weighted by molar-refractivity contribution is 5.81. The van der Waals surface area contributed by atoms with Crippen LogP contribution in [0.2, 0.25) is 0 Å². The highest BCUT2D eigenvalue weighted by Gasteiger charge is 2.37. The number of carboxylic acids is 1. The average Bonchev–Trinajstić information content (AvgIpc) is 3.05. The summed E-state index contributed by atoms with van der Waals surface area (Å²) >= 11 is 0. The van der Waals surface area contributed by atoms with Crippen molar-refractivity contribution in [2.75, 3.05) is 13.2 Å². The van der Waals surface area contributed by atoms with Gasteiger partial charge in [0, 0.05) is 12.5 Å². The molecule has 0 bridgehead atoms. The van der Waals surface area contributed by atoms with E-state index in [1.54, 1.807) is 0 Å². The van der Waals surface area contributed by atoms with E-state index in [0.29, 0.717) is 18.9 Å². The Bertz CT molecular complexity index is 848. The number of carboxylic acid groups (broad SMARTS) is 1. The molecule has 1 saturated heterocycles. The number of carbonyl (C=O) groups is 2. The Labute approximate surface area is 164 Å². The maximum atomic E-state index is 12.8. The molecule has 0 aromatic heterocycles. The molecule has 2 aliphatic rings. The highest BCUT2D eigenvalue weighted by Crippen LogP contribution is 2.44. The molecule has 1 fully saturated rings. The monoisotopic (exact) mass is 379 g/mol. The molecule has 2 aromatic carbocycles.